The normalized spacial score (nSPS) is 17.0. The predicted molar refractivity (Wildman–Crippen MR) is 126 cm³/mol. The maximum Gasteiger partial charge on any atom is 0.246 e. The standard InChI is InChI=1S/C19H23BrCl2N2O5S2/c20-16-17(19(22)30-18(16)21)31(27,28)24-7-5-12(6-8-24)9-23-10-14(26)11-29-15-3-1-13(25)2-4-15/h1-4,12,14,23,25-26H,5-11H2/t14-/m1/s1. The minimum absolute atomic E-state index is 0.0393. The first kappa shape index (κ1) is 25.0. The third kappa shape index (κ3) is 6.48. The Hall–Kier alpha value is -0.590. The Morgan fingerprint density at radius 2 is 1.87 bits per heavy atom. The molecule has 1 aliphatic heterocycles. The van der Waals surface area contributed by atoms with Gasteiger partial charge in [-0.1, -0.05) is 23.2 Å². The highest BCUT2D eigenvalue weighted by atomic mass is 79.9. The topological polar surface area (TPSA) is 99.1 Å². The number of aromatic hydroxyl groups is 1. The van der Waals surface area contributed by atoms with Gasteiger partial charge in [0.15, 0.2) is 0 Å². The maximum atomic E-state index is 12.9. The van der Waals surface area contributed by atoms with E-state index in [-0.39, 0.29) is 21.6 Å². The van der Waals surface area contributed by atoms with Crippen LogP contribution in [0.3, 0.4) is 0 Å². The number of halogens is 3. The molecule has 0 saturated carbocycles. The van der Waals surface area contributed by atoms with E-state index >= 15 is 0 Å². The average molecular weight is 574 g/mol. The quantitative estimate of drug-likeness (QED) is 0.420. The van der Waals surface area contributed by atoms with Gasteiger partial charge in [0.05, 0.1) is 4.47 Å². The van der Waals surface area contributed by atoms with Gasteiger partial charge in [-0.2, -0.15) is 4.31 Å². The zero-order chi connectivity index (χ0) is 22.6. The zero-order valence-electron chi connectivity index (χ0n) is 16.4. The van der Waals surface area contributed by atoms with Gasteiger partial charge in [-0.05, 0) is 65.5 Å². The number of hydrogen-bond donors (Lipinski definition) is 3. The lowest BCUT2D eigenvalue weighted by Crippen LogP contribution is -2.42. The van der Waals surface area contributed by atoms with Gasteiger partial charge in [-0.25, -0.2) is 8.42 Å². The molecule has 2 aromatic rings. The molecule has 1 saturated heterocycles. The number of rotatable bonds is 9. The lowest BCUT2D eigenvalue weighted by Gasteiger charge is -2.31. The average Bonchev–Trinajstić information content (AvgIpc) is 3.00. The first-order valence-electron chi connectivity index (χ1n) is 9.62. The Balaban J connectivity index is 1.40. The van der Waals surface area contributed by atoms with Crippen LogP contribution in [-0.4, -0.2) is 61.8 Å². The summed E-state index contributed by atoms with van der Waals surface area (Å²) < 4.78 is 33.6. The van der Waals surface area contributed by atoms with Crippen molar-refractivity contribution in [2.75, 3.05) is 32.8 Å². The highest BCUT2D eigenvalue weighted by Gasteiger charge is 2.34. The molecule has 172 valence electrons. The van der Waals surface area contributed by atoms with Gasteiger partial charge < -0.3 is 20.3 Å². The molecular weight excluding hydrogens is 551 g/mol. The van der Waals surface area contributed by atoms with Gasteiger partial charge in [0.25, 0.3) is 0 Å². The minimum atomic E-state index is -3.71. The molecule has 1 aliphatic rings. The van der Waals surface area contributed by atoms with E-state index in [1.54, 1.807) is 12.1 Å². The summed E-state index contributed by atoms with van der Waals surface area (Å²) in [5.74, 6) is 1.04. The van der Waals surface area contributed by atoms with E-state index in [9.17, 15) is 18.6 Å². The summed E-state index contributed by atoms with van der Waals surface area (Å²) >= 11 is 16.4. The maximum absolute atomic E-state index is 12.9. The Kier molecular flexibility index (Phi) is 8.90. The number of hydrogen-bond acceptors (Lipinski definition) is 7. The molecule has 1 fully saturated rings. The molecule has 0 amide bonds. The fourth-order valence-electron chi connectivity index (χ4n) is 3.29. The number of phenols is 1. The molecule has 31 heavy (non-hydrogen) atoms. The summed E-state index contributed by atoms with van der Waals surface area (Å²) in [5, 5.41) is 22.6. The number of sulfonamides is 1. The van der Waals surface area contributed by atoms with Crippen LogP contribution in [-0.2, 0) is 10.0 Å². The zero-order valence-corrected chi connectivity index (χ0v) is 21.2. The van der Waals surface area contributed by atoms with Crippen LogP contribution in [0, 0.1) is 5.92 Å². The third-order valence-corrected chi connectivity index (χ3v) is 10.4. The van der Waals surface area contributed by atoms with Gasteiger partial charge in [0, 0.05) is 19.6 Å². The molecule has 0 radical (unpaired) electrons. The van der Waals surface area contributed by atoms with Crippen LogP contribution >= 0.6 is 50.5 Å². The van der Waals surface area contributed by atoms with Crippen molar-refractivity contribution in [3.05, 3.63) is 37.4 Å². The summed E-state index contributed by atoms with van der Waals surface area (Å²) in [6, 6.07) is 6.30. The summed E-state index contributed by atoms with van der Waals surface area (Å²) in [5.41, 5.74) is 0. The molecule has 0 aliphatic carbocycles. The molecule has 0 bridgehead atoms. The first-order chi connectivity index (χ1) is 14.7. The highest BCUT2D eigenvalue weighted by Crippen LogP contribution is 2.44. The minimum Gasteiger partial charge on any atom is -0.508 e. The van der Waals surface area contributed by atoms with Crippen molar-refractivity contribution in [2.45, 2.75) is 23.8 Å². The number of benzene rings is 1. The van der Waals surface area contributed by atoms with Gasteiger partial charge in [0.2, 0.25) is 10.0 Å². The largest absolute Gasteiger partial charge is 0.508 e. The van der Waals surface area contributed by atoms with E-state index in [1.807, 2.05) is 0 Å². The smallest absolute Gasteiger partial charge is 0.246 e. The van der Waals surface area contributed by atoms with Crippen LogP contribution in [0.15, 0.2) is 33.6 Å². The molecule has 3 N–H and O–H groups in total. The van der Waals surface area contributed by atoms with Gasteiger partial charge >= 0.3 is 0 Å². The Morgan fingerprint density at radius 3 is 2.45 bits per heavy atom. The molecule has 0 unspecified atom stereocenters. The van der Waals surface area contributed by atoms with Crippen molar-refractivity contribution in [1.82, 2.24) is 9.62 Å². The monoisotopic (exact) mass is 572 g/mol. The van der Waals surface area contributed by atoms with Crippen molar-refractivity contribution >= 4 is 60.5 Å². The molecule has 2 heterocycles. The van der Waals surface area contributed by atoms with E-state index < -0.39 is 16.1 Å². The number of nitrogens with one attached hydrogen (secondary N) is 1. The van der Waals surface area contributed by atoms with Crippen molar-refractivity contribution in [2.24, 2.45) is 5.92 Å². The molecule has 7 nitrogen and oxygen atoms in total. The summed E-state index contributed by atoms with van der Waals surface area (Å²) in [4.78, 5) is 0.0393. The molecule has 1 aromatic heterocycles. The molecule has 12 heteroatoms. The Morgan fingerprint density at radius 1 is 1.23 bits per heavy atom. The molecular formula is C19H23BrCl2N2O5S2. The van der Waals surface area contributed by atoms with Gasteiger partial charge in [0.1, 0.15) is 37.8 Å². The van der Waals surface area contributed by atoms with Crippen LogP contribution in [0.2, 0.25) is 8.67 Å². The molecule has 1 aromatic carbocycles. The summed E-state index contributed by atoms with van der Waals surface area (Å²) in [7, 11) is -3.71. The van der Waals surface area contributed by atoms with Crippen LogP contribution in [0.4, 0.5) is 0 Å². The Bertz CT molecular complexity index is 980. The number of aliphatic hydroxyl groups is 1. The predicted octanol–water partition coefficient (Wildman–Crippen LogP) is 3.95. The fourth-order valence-corrected chi connectivity index (χ4v) is 8.24. The Labute approximate surface area is 204 Å². The van der Waals surface area contributed by atoms with E-state index in [2.05, 4.69) is 21.2 Å². The van der Waals surface area contributed by atoms with E-state index in [1.165, 1.54) is 16.4 Å². The first-order valence-corrected chi connectivity index (χ1v) is 13.4. The van der Waals surface area contributed by atoms with E-state index in [4.69, 9.17) is 27.9 Å². The van der Waals surface area contributed by atoms with Crippen molar-refractivity contribution in [3.63, 3.8) is 0 Å². The number of nitrogens with zero attached hydrogens (tertiary/aromatic N) is 1. The molecule has 1 atom stereocenters. The van der Waals surface area contributed by atoms with Crippen molar-refractivity contribution < 1.29 is 23.4 Å². The number of phenolic OH excluding ortho intramolecular Hbond substituents is 1. The molecule has 0 spiro atoms. The van der Waals surface area contributed by atoms with Crippen LogP contribution in [0.5, 0.6) is 11.5 Å². The van der Waals surface area contributed by atoms with Crippen LogP contribution in [0.1, 0.15) is 12.8 Å². The van der Waals surface area contributed by atoms with E-state index in [0.717, 1.165) is 11.3 Å². The number of ether oxygens (including phenoxy) is 1. The van der Waals surface area contributed by atoms with E-state index in [0.29, 0.717) is 59.5 Å². The lowest BCUT2D eigenvalue weighted by molar-refractivity contribution is 0.104. The van der Waals surface area contributed by atoms with Gasteiger partial charge in [-0.15, -0.1) is 11.3 Å². The fraction of sp³-hybridized carbons (Fsp3) is 0.474. The van der Waals surface area contributed by atoms with Crippen LogP contribution < -0.4 is 10.1 Å². The summed E-state index contributed by atoms with van der Waals surface area (Å²) in [6.07, 6.45) is 0.732. The number of aliphatic hydroxyl groups excluding tert-OH is 1. The second-order valence-corrected chi connectivity index (χ2v) is 12.1. The number of piperidine rings is 1. The highest BCUT2D eigenvalue weighted by molar-refractivity contribution is 9.10. The lowest BCUT2D eigenvalue weighted by atomic mass is 9.98. The van der Waals surface area contributed by atoms with Crippen LogP contribution in [0.25, 0.3) is 0 Å². The number of thiophene rings is 1. The van der Waals surface area contributed by atoms with Crippen molar-refractivity contribution in [3.8, 4) is 11.5 Å². The second kappa shape index (κ2) is 11.0. The van der Waals surface area contributed by atoms with Crippen molar-refractivity contribution in [1.29, 1.82) is 0 Å². The van der Waals surface area contributed by atoms with Gasteiger partial charge in [-0.3, -0.25) is 0 Å². The molecule has 3 rings (SSSR count). The second-order valence-electron chi connectivity index (χ2n) is 7.26. The summed E-state index contributed by atoms with van der Waals surface area (Å²) in [6.45, 7) is 1.98. The SMILES string of the molecule is O=S(=O)(c1c(Cl)sc(Cl)c1Br)N1CCC(CNC[C@@H](O)COc2ccc(O)cc2)CC1. The third-order valence-electron chi connectivity index (χ3n) is 4.99.